The van der Waals surface area contributed by atoms with Gasteiger partial charge in [0.25, 0.3) is 0 Å². The van der Waals surface area contributed by atoms with E-state index in [1.165, 1.54) is 18.2 Å². The second kappa shape index (κ2) is 8.10. The summed E-state index contributed by atoms with van der Waals surface area (Å²) in [6.07, 6.45) is -1.02. The lowest BCUT2D eigenvalue weighted by Crippen LogP contribution is -2.47. The predicted octanol–water partition coefficient (Wildman–Crippen LogP) is 3.06. The quantitative estimate of drug-likeness (QED) is 0.751. The minimum Gasteiger partial charge on any atom is -0.435 e. The SMILES string of the molecule is CC(NC(=O)NCC(O)c1cccc(OC(F)F)c1)C(C)(C)C. The first-order chi connectivity index (χ1) is 10.6. The van der Waals surface area contributed by atoms with Gasteiger partial charge in [-0.25, -0.2) is 4.79 Å². The highest BCUT2D eigenvalue weighted by Gasteiger charge is 2.21. The van der Waals surface area contributed by atoms with E-state index in [0.717, 1.165) is 0 Å². The summed E-state index contributed by atoms with van der Waals surface area (Å²) in [5, 5.41) is 15.4. The third-order valence-corrected chi connectivity index (χ3v) is 3.57. The van der Waals surface area contributed by atoms with E-state index >= 15 is 0 Å². The fourth-order valence-electron chi connectivity index (χ4n) is 1.67. The third-order valence-electron chi connectivity index (χ3n) is 3.57. The maximum atomic E-state index is 12.2. The maximum absolute atomic E-state index is 12.2. The van der Waals surface area contributed by atoms with E-state index in [1.807, 2.05) is 27.7 Å². The van der Waals surface area contributed by atoms with Crippen molar-refractivity contribution in [2.75, 3.05) is 6.54 Å². The number of urea groups is 1. The highest BCUT2D eigenvalue weighted by Crippen LogP contribution is 2.21. The Bertz CT molecular complexity index is 518. The zero-order chi connectivity index (χ0) is 17.6. The molecular weight excluding hydrogens is 306 g/mol. The molecule has 2 unspecified atom stereocenters. The van der Waals surface area contributed by atoms with Crippen LogP contribution in [0.1, 0.15) is 39.4 Å². The van der Waals surface area contributed by atoms with Crippen LogP contribution >= 0.6 is 0 Å². The summed E-state index contributed by atoms with van der Waals surface area (Å²) >= 11 is 0. The fraction of sp³-hybridized carbons (Fsp3) is 0.562. The molecule has 2 amide bonds. The van der Waals surface area contributed by atoms with Crippen LogP contribution < -0.4 is 15.4 Å². The van der Waals surface area contributed by atoms with Crippen molar-refractivity contribution in [3.8, 4) is 5.75 Å². The summed E-state index contributed by atoms with van der Waals surface area (Å²) in [4.78, 5) is 11.8. The number of benzene rings is 1. The number of hydrogen-bond donors (Lipinski definition) is 3. The Morgan fingerprint density at radius 1 is 1.35 bits per heavy atom. The second-order valence-corrected chi connectivity index (χ2v) is 6.41. The number of amides is 2. The van der Waals surface area contributed by atoms with E-state index in [-0.39, 0.29) is 23.8 Å². The number of alkyl halides is 2. The normalized spacial score (nSPS) is 14.3. The van der Waals surface area contributed by atoms with E-state index in [1.54, 1.807) is 6.07 Å². The van der Waals surface area contributed by atoms with Crippen LogP contribution in [0.15, 0.2) is 24.3 Å². The molecule has 1 aromatic rings. The van der Waals surface area contributed by atoms with E-state index in [0.29, 0.717) is 5.56 Å². The molecule has 0 fully saturated rings. The number of aliphatic hydroxyl groups excluding tert-OH is 1. The molecule has 1 rings (SSSR count). The van der Waals surface area contributed by atoms with E-state index in [9.17, 15) is 18.7 Å². The van der Waals surface area contributed by atoms with Gasteiger partial charge in [0, 0.05) is 12.6 Å². The van der Waals surface area contributed by atoms with Crippen LogP contribution in [0.4, 0.5) is 13.6 Å². The Kier molecular flexibility index (Phi) is 6.75. The molecule has 0 saturated carbocycles. The van der Waals surface area contributed by atoms with Crippen LogP contribution in [-0.4, -0.2) is 30.3 Å². The number of carbonyl (C=O) groups is 1. The van der Waals surface area contributed by atoms with Crippen molar-refractivity contribution in [2.45, 2.75) is 46.5 Å². The van der Waals surface area contributed by atoms with Crippen molar-refractivity contribution in [1.82, 2.24) is 10.6 Å². The number of aliphatic hydroxyl groups is 1. The summed E-state index contributed by atoms with van der Waals surface area (Å²) in [5.41, 5.74) is 0.295. The summed E-state index contributed by atoms with van der Waals surface area (Å²) in [6.45, 7) is 4.93. The molecule has 1 aromatic carbocycles. The van der Waals surface area contributed by atoms with Gasteiger partial charge in [-0.05, 0) is 30.0 Å². The molecule has 0 aromatic heterocycles. The zero-order valence-electron chi connectivity index (χ0n) is 13.8. The summed E-state index contributed by atoms with van der Waals surface area (Å²) in [5.74, 6) is -0.0395. The zero-order valence-corrected chi connectivity index (χ0v) is 13.8. The average molecular weight is 330 g/mol. The number of nitrogens with one attached hydrogen (secondary N) is 2. The molecule has 0 heterocycles. The molecule has 0 bridgehead atoms. The Morgan fingerprint density at radius 2 is 2.00 bits per heavy atom. The summed E-state index contributed by atoms with van der Waals surface area (Å²) < 4.78 is 28.6. The van der Waals surface area contributed by atoms with Crippen LogP contribution in [0.2, 0.25) is 0 Å². The highest BCUT2D eigenvalue weighted by atomic mass is 19.3. The van der Waals surface area contributed by atoms with Gasteiger partial charge in [0.1, 0.15) is 5.75 Å². The number of ether oxygens (including phenoxy) is 1. The molecule has 0 aliphatic carbocycles. The van der Waals surface area contributed by atoms with Crippen LogP contribution in [-0.2, 0) is 0 Å². The fourth-order valence-corrected chi connectivity index (χ4v) is 1.67. The van der Waals surface area contributed by atoms with Crippen LogP contribution in [0, 0.1) is 5.41 Å². The molecule has 0 spiro atoms. The Morgan fingerprint density at radius 3 is 2.57 bits per heavy atom. The van der Waals surface area contributed by atoms with Crippen molar-refractivity contribution in [1.29, 1.82) is 0 Å². The minimum absolute atomic E-state index is 0.0395. The largest absolute Gasteiger partial charge is 0.435 e. The van der Waals surface area contributed by atoms with Crippen molar-refractivity contribution in [3.05, 3.63) is 29.8 Å². The Labute approximate surface area is 135 Å². The van der Waals surface area contributed by atoms with Crippen molar-refractivity contribution in [2.24, 2.45) is 5.41 Å². The smallest absolute Gasteiger partial charge is 0.387 e. The molecule has 2 atom stereocenters. The van der Waals surface area contributed by atoms with E-state index < -0.39 is 18.7 Å². The minimum atomic E-state index is -2.93. The average Bonchev–Trinajstić information content (AvgIpc) is 2.43. The van der Waals surface area contributed by atoms with Crippen LogP contribution in [0.3, 0.4) is 0 Å². The topological polar surface area (TPSA) is 70.6 Å². The lowest BCUT2D eigenvalue weighted by Gasteiger charge is -2.28. The first-order valence-electron chi connectivity index (χ1n) is 7.37. The second-order valence-electron chi connectivity index (χ2n) is 6.41. The van der Waals surface area contributed by atoms with E-state index in [2.05, 4.69) is 15.4 Å². The number of hydrogen-bond acceptors (Lipinski definition) is 3. The van der Waals surface area contributed by atoms with Crippen molar-refractivity contribution < 1.29 is 23.4 Å². The molecule has 5 nitrogen and oxygen atoms in total. The number of rotatable bonds is 6. The molecule has 3 N–H and O–H groups in total. The first-order valence-corrected chi connectivity index (χ1v) is 7.37. The molecule has 0 aliphatic rings. The standard InChI is InChI=1S/C16H24F2N2O3/c1-10(16(2,3)4)20-15(22)19-9-13(21)11-6-5-7-12(8-11)23-14(17)18/h5-8,10,13-14,21H,9H2,1-4H3,(H2,19,20,22). The summed E-state index contributed by atoms with van der Waals surface area (Å²) in [6, 6.07) is 5.30. The van der Waals surface area contributed by atoms with Crippen LogP contribution in [0.25, 0.3) is 0 Å². The number of carbonyl (C=O) groups excluding carboxylic acids is 1. The molecule has 0 saturated heterocycles. The van der Waals surface area contributed by atoms with Gasteiger partial charge in [-0.15, -0.1) is 0 Å². The van der Waals surface area contributed by atoms with Crippen molar-refractivity contribution >= 4 is 6.03 Å². The molecule has 23 heavy (non-hydrogen) atoms. The molecule has 0 radical (unpaired) electrons. The Hall–Kier alpha value is -1.89. The van der Waals surface area contributed by atoms with Crippen molar-refractivity contribution in [3.63, 3.8) is 0 Å². The first kappa shape index (κ1) is 19.2. The van der Waals surface area contributed by atoms with Gasteiger partial charge in [0.2, 0.25) is 0 Å². The highest BCUT2D eigenvalue weighted by molar-refractivity contribution is 5.74. The van der Waals surface area contributed by atoms with Gasteiger partial charge in [-0.3, -0.25) is 0 Å². The Balaban J connectivity index is 2.53. The van der Waals surface area contributed by atoms with Gasteiger partial charge in [-0.1, -0.05) is 32.9 Å². The van der Waals surface area contributed by atoms with E-state index in [4.69, 9.17) is 0 Å². The van der Waals surface area contributed by atoms with Gasteiger partial charge in [0.15, 0.2) is 0 Å². The lowest BCUT2D eigenvalue weighted by atomic mass is 9.88. The monoisotopic (exact) mass is 330 g/mol. The lowest BCUT2D eigenvalue weighted by molar-refractivity contribution is -0.0499. The van der Waals surface area contributed by atoms with Gasteiger partial charge < -0.3 is 20.5 Å². The number of halogens is 2. The van der Waals surface area contributed by atoms with Crippen LogP contribution in [0.5, 0.6) is 5.75 Å². The third kappa shape index (κ3) is 6.81. The predicted molar refractivity (Wildman–Crippen MR) is 83.5 cm³/mol. The molecular formula is C16H24F2N2O3. The van der Waals surface area contributed by atoms with Gasteiger partial charge in [0.05, 0.1) is 6.10 Å². The molecule has 130 valence electrons. The summed E-state index contributed by atoms with van der Waals surface area (Å²) in [7, 11) is 0. The maximum Gasteiger partial charge on any atom is 0.387 e. The van der Waals surface area contributed by atoms with Gasteiger partial charge in [-0.2, -0.15) is 8.78 Å². The molecule has 7 heteroatoms. The molecule has 0 aliphatic heterocycles. The van der Waals surface area contributed by atoms with Gasteiger partial charge >= 0.3 is 12.6 Å².